The van der Waals surface area contributed by atoms with E-state index in [4.69, 9.17) is 23.2 Å². The number of aryl methyl sites for hydroxylation is 2. The van der Waals surface area contributed by atoms with Gasteiger partial charge in [0.15, 0.2) is 0 Å². The maximum Gasteiger partial charge on any atom is 0.0766 e. The van der Waals surface area contributed by atoms with Gasteiger partial charge in [-0.2, -0.15) is 5.10 Å². The molecule has 0 aliphatic carbocycles. The van der Waals surface area contributed by atoms with Crippen LogP contribution in [-0.2, 0) is 19.9 Å². The number of benzene rings is 1. The monoisotopic (exact) mass is 389 g/mol. The van der Waals surface area contributed by atoms with Gasteiger partial charge < -0.3 is 5.32 Å². The highest BCUT2D eigenvalue weighted by Crippen LogP contribution is 2.31. The molecule has 1 atom stereocenters. The fourth-order valence-electron chi connectivity index (χ4n) is 2.38. The Bertz CT molecular complexity index is 640. The van der Waals surface area contributed by atoms with Crippen molar-refractivity contribution in [3.05, 3.63) is 49.7 Å². The van der Waals surface area contributed by atoms with Gasteiger partial charge in [-0.25, -0.2) is 0 Å². The highest BCUT2D eigenvalue weighted by molar-refractivity contribution is 9.10. The minimum Gasteiger partial charge on any atom is -0.313 e. The van der Waals surface area contributed by atoms with Crippen LogP contribution in [0.1, 0.15) is 29.9 Å². The van der Waals surface area contributed by atoms with Crippen LogP contribution in [0.4, 0.5) is 0 Å². The van der Waals surface area contributed by atoms with Crippen LogP contribution in [0.25, 0.3) is 0 Å². The second kappa shape index (κ2) is 7.14. The topological polar surface area (TPSA) is 29.9 Å². The molecule has 1 aromatic heterocycles. The van der Waals surface area contributed by atoms with E-state index in [1.807, 2.05) is 30.9 Å². The minimum absolute atomic E-state index is 0.0765. The highest BCUT2D eigenvalue weighted by Gasteiger charge is 2.20. The Morgan fingerprint density at radius 2 is 2.10 bits per heavy atom. The first-order chi connectivity index (χ1) is 9.97. The summed E-state index contributed by atoms with van der Waals surface area (Å²) in [5.74, 6) is 0. The van der Waals surface area contributed by atoms with E-state index in [2.05, 4.69) is 33.3 Å². The van der Waals surface area contributed by atoms with Gasteiger partial charge in [0.2, 0.25) is 0 Å². The van der Waals surface area contributed by atoms with Crippen molar-refractivity contribution in [2.75, 3.05) is 7.05 Å². The Kier molecular flexibility index (Phi) is 5.72. The lowest BCUT2D eigenvalue weighted by atomic mass is 10.0. The van der Waals surface area contributed by atoms with Crippen LogP contribution in [0.2, 0.25) is 10.0 Å². The molecule has 0 aliphatic heterocycles. The molecule has 1 aromatic carbocycles. The summed E-state index contributed by atoms with van der Waals surface area (Å²) in [5, 5.41) is 9.25. The number of aromatic nitrogens is 2. The highest BCUT2D eigenvalue weighted by atomic mass is 79.9. The number of nitrogens with zero attached hydrogens (tertiary/aromatic N) is 2. The second-order valence-electron chi connectivity index (χ2n) is 4.90. The van der Waals surface area contributed by atoms with Gasteiger partial charge in [0.25, 0.3) is 0 Å². The Morgan fingerprint density at radius 1 is 1.38 bits per heavy atom. The van der Waals surface area contributed by atoms with E-state index in [1.54, 1.807) is 6.07 Å². The van der Waals surface area contributed by atoms with E-state index in [0.29, 0.717) is 10.0 Å². The average molecular weight is 391 g/mol. The normalized spacial score (nSPS) is 12.7. The lowest BCUT2D eigenvalue weighted by molar-refractivity contribution is 0.560. The Labute approximate surface area is 143 Å². The average Bonchev–Trinajstić information content (AvgIpc) is 2.74. The summed E-state index contributed by atoms with van der Waals surface area (Å²) in [6.07, 6.45) is 1.68. The molecule has 2 rings (SSSR count). The van der Waals surface area contributed by atoms with Crippen LogP contribution >= 0.6 is 39.1 Å². The van der Waals surface area contributed by atoms with E-state index >= 15 is 0 Å². The molecule has 21 heavy (non-hydrogen) atoms. The number of halogens is 3. The zero-order valence-corrected chi connectivity index (χ0v) is 15.3. The van der Waals surface area contributed by atoms with Crippen molar-refractivity contribution in [1.82, 2.24) is 15.1 Å². The van der Waals surface area contributed by atoms with E-state index < -0.39 is 0 Å². The molecule has 0 bridgehead atoms. The molecule has 2 aromatic rings. The first-order valence-corrected chi connectivity index (χ1v) is 8.35. The Morgan fingerprint density at radius 3 is 2.67 bits per heavy atom. The molecule has 0 aliphatic rings. The molecule has 114 valence electrons. The van der Waals surface area contributed by atoms with Gasteiger partial charge in [-0.3, -0.25) is 4.68 Å². The summed E-state index contributed by atoms with van der Waals surface area (Å²) < 4.78 is 3.00. The van der Waals surface area contributed by atoms with Crippen molar-refractivity contribution in [3.63, 3.8) is 0 Å². The molecule has 1 N–H and O–H groups in total. The molecule has 1 heterocycles. The predicted octanol–water partition coefficient (Wildman–Crippen LogP) is 4.56. The van der Waals surface area contributed by atoms with Crippen LogP contribution in [0.3, 0.4) is 0 Å². The fraction of sp³-hybridized carbons (Fsp3) is 0.400. The van der Waals surface area contributed by atoms with Gasteiger partial charge in [-0.05, 0) is 53.2 Å². The molecule has 3 nitrogen and oxygen atoms in total. The van der Waals surface area contributed by atoms with Gasteiger partial charge in [0.1, 0.15) is 0 Å². The van der Waals surface area contributed by atoms with Gasteiger partial charge in [0, 0.05) is 29.6 Å². The van der Waals surface area contributed by atoms with Crippen molar-refractivity contribution in [1.29, 1.82) is 0 Å². The predicted molar refractivity (Wildman–Crippen MR) is 92.3 cm³/mol. The molecule has 0 radical (unpaired) electrons. The second-order valence-corrected chi connectivity index (χ2v) is 6.53. The molecular formula is C15H18BrCl2N3. The standard InChI is InChI=1S/C15H18BrCl2N3/c1-4-12-15(16)14(21(3)20-12)8-13(19-2)10-7-9(17)5-6-11(10)18/h5-7,13,19H,4,8H2,1-3H3. The summed E-state index contributed by atoms with van der Waals surface area (Å²) in [6, 6.07) is 5.62. The number of likely N-dealkylation sites (N-methyl/N-ethyl adjacent to an activating group) is 1. The SMILES string of the molecule is CCc1nn(C)c(CC(NC)c2cc(Cl)ccc2Cl)c1Br. The number of hydrogen-bond acceptors (Lipinski definition) is 2. The smallest absolute Gasteiger partial charge is 0.0766 e. The van der Waals surface area contributed by atoms with E-state index in [1.165, 1.54) is 0 Å². The van der Waals surface area contributed by atoms with Gasteiger partial charge >= 0.3 is 0 Å². The quantitative estimate of drug-likeness (QED) is 0.811. The van der Waals surface area contributed by atoms with Crippen molar-refractivity contribution < 1.29 is 0 Å². The van der Waals surface area contributed by atoms with Gasteiger partial charge in [-0.1, -0.05) is 30.1 Å². The van der Waals surface area contributed by atoms with Crippen molar-refractivity contribution >= 4 is 39.1 Å². The zero-order chi connectivity index (χ0) is 15.6. The maximum atomic E-state index is 6.32. The Hall–Kier alpha value is -0.550. The molecule has 0 saturated carbocycles. The maximum absolute atomic E-state index is 6.32. The molecular weight excluding hydrogens is 373 g/mol. The first-order valence-electron chi connectivity index (χ1n) is 6.80. The molecule has 0 saturated heterocycles. The minimum atomic E-state index is 0.0765. The molecule has 0 spiro atoms. The van der Waals surface area contributed by atoms with Crippen LogP contribution in [0.5, 0.6) is 0 Å². The summed E-state index contributed by atoms with van der Waals surface area (Å²) in [5.41, 5.74) is 3.21. The van der Waals surface area contributed by atoms with Crippen LogP contribution in [0, 0.1) is 0 Å². The van der Waals surface area contributed by atoms with Gasteiger partial charge in [0.05, 0.1) is 15.9 Å². The lowest BCUT2D eigenvalue weighted by Crippen LogP contribution is -2.20. The molecule has 6 heteroatoms. The third-order valence-corrected chi connectivity index (χ3v) is 5.08. The number of nitrogens with one attached hydrogen (secondary N) is 1. The fourth-order valence-corrected chi connectivity index (χ4v) is 3.59. The largest absolute Gasteiger partial charge is 0.313 e. The van der Waals surface area contributed by atoms with Crippen molar-refractivity contribution in [3.8, 4) is 0 Å². The number of hydrogen-bond donors (Lipinski definition) is 1. The van der Waals surface area contributed by atoms with Crippen LogP contribution in [-0.4, -0.2) is 16.8 Å². The molecule has 0 fully saturated rings. The van der Waals surface area contributed by atoms with Crippen LogP contribution < -0.4 is 5.32 Å². The van der Waals surface area contributed by atoms with Crippen molar-refractivity contribution in [2.45, 2.75) is 25.8 Å². The third kappa shape index (κ3) is 3.62. The summed E-state index contributed by atoms with van der Waals surface area (Å²) in [6.45, 7) is 2.10. The van der Waals surface area contributed by atoms with E-state index in [9.17, 15) is 0 Å². The van der Waals surface area contributed by atoms with Gasteiger partial charge in [-0.15, -0.1) is 0 Å². The Balaban J connectivity index is 2.36. The lowest BCUT2D eigenvalue weighted by Gasteiger charge is -2.19. The van der Waals surface area contributed by atoms with Crippen molar-refractivity contribution in [2.24, 2.45) is 7.05 Å². The molecule has 1 unspecified atom stereocenters. The number of rotatable bonds is 5. The summed E-state index contributed by atoms with van der Waals surface area (Å²) >= 11 is 16.1. The zero-order valence-electron chi connectivity index (χ0n) is 12.3. The summed E-state index contributed by atoms with van der Waals surface area (Å²) in [4.78, 5) is 0. The molecule has 0 amide bonds. The first kappa shape index (κ1) is 16.8. The van der Waals surface area contributed by atoms with E-state index in [0.717, 1.165) is 34.3 Å². The third-order valence-electron chi connectivity index (χ3n) is 3.58. The summed E-state index contributed by atoms with van der Waals surface area (Å²) in [7, 11) is 3.89. The van der Waals surface area contributed by atoms with Crippen LogP contribution in [0.15, 0.2) is 22.7 Å². The van der Waals surface area contributed by atoms with E-state index in [-0.39, 0.29) is 6.04 Å².